The van der Waals surface area contributed by atoms with E-state index in [0.717, 1.165) is 69.1 Å². The molecular weight excluding hydrogens is 1070 g/mol. The number of furan rings is 2. The molecule has 2 unspecified atom stereocenters. The quantitative estimate of drug-likeness (QED) is 0.161. The summed E-state index contributed by atoms with van der Waals surface area (Å²) in [6, 6.07) is 51.6. The molecule has 6 heteroatoms. The van der Waals surface area contributed by atoms with Crippen LogP contribution in [0.25, 0.3) is 43.9 Å². The molecule has 0 radical (unpaired) electrons. The monoisotopic (exact) mass is 1160 g/mol. The molecule has 0 amide bonds. The SMILES string of the molecule is Cc1cc2c(cc1N1c3cc4cc5c3B(c3ccc(N6c7ccc(C(C)(C)C)cc7C7(C)CCCCC67C)cc3N5c3cccc5oc6ccc(cc6c35)C4(C(C)(C)C)C(C)(C)C)c3ccc4c(oc5ccc(C(C)(C)C)cc54)c31)C(C)(C)CCC2(C)C. The molecule has 16 rings (SSSR count). The number of nitrogens with zero attached hydrogens (tertiary/aromatic N) is 3. The molecule has 4 aliphatic heterocycles. The third-order valence-corrected chi connectivity index (χ3v) is 24.0. The van der Waals surface area contributed by atoms with Gasteiger partial charge in [0.1, 0.15) is 16.7 Å². The minimum atomic E-state index is -0.526. The highest BCUT2D eigenvalue weighted by Gasteiger charge is 2.59. The van der Waals surface area contributed by atoms with Crippen LogP contribution >= 0.6 is 0 Å². The highest BCUT2D eigenvalue weighted by atomic mass is 16.3. The zero-order valence-corrected chi connectivity index (χ0v) is 56.1. The van der Waals surface area contributed by atoms with Crippen molar-refractivity contribution in [3.63, 3.8) is 0 Å². The van der Waals surface area contributed by atoms with Crippen LogP contribution in [0.1, 0.15) is 208 Å². The Morgan fingerprint density at radius 3 is 1.80 bits per heavy atom. The van der Waals surface area contributed by atoms with E-state index in [9.17, 15) is 0 Å². The van der Waals surface area contributed by atoms with E-state index in [2.05, 4.69) is 274 Å². The second-order valence-electron chi connectivity index (χ2n) is 34.0. The lowest BCUT2D eigenvalue weighted by Gasteiger charge is -2.56. The van der Waals surface area contributed by atoms with E-state index in [4.69, 9.17) is 8.83 Å². The van der Waals surface area contributed by atoms with E-state index in [1.165, 1.54) is 120 Å². The largest absolute Gasteiger partial charge is 0.456 e. The van der Waals surface area contributed by atoms with E-state index in [1.807, 2.05) is 0 Å². The van der Waals surface area contributed by atoms with Crippen molar-refractivity contribution in [3.05, 3.63) is 172 Å². The summed E-state index contributed by atoms with van der Waals surface area (Å²) in [6.07, 6.45) is 7.02. The number of fused-ring (bicyclic) bond motifs is 16. The fourth-order valence-electron chi connectivity index (χ4n) is 19.4. The van der Waals surface area contributed by atoms with Gasteiger partial charge in [-0.15, -0.1) is 0 Å². The van der Waals surface area contributed by atoms with E-state index in [1.54, 1.807) is 0 Å². The lowest BCUT2D eigenvalue weighted by molar-refractivity contribution is 0.0909. The van der Waals surface area contributed by atoms with Crippen LogP contribution in [0.15, 0.2) is 136 Å². The van der Waals surface area contributed by atoms with Crippen molar-refractivity contribution in [2.75, 3.05) is 14.7 Å². The topological polar surface area (TPSA) is 36.0 Å². The molecule has 0 saturated heterocycles. The maximum atomic E-state index is 7.58. The number of benzene rings is 8. The van der Waals surface area contributed by atoms with Crippen LogP contribution < -0.4 is 31.1 Å². The van der Waals surface area contributed by atoms with Crippen LogP contribution in [0.3, 0.4) is 0 Å². The second kappa shape index (κ2) is 17.4. The molecule has 0 N–H and O–H groups in total. The normalized spacial score (nSPS) is 21.4. The number of hydrogen-bond donors (Lipinski definition) is 0. The zero-order valence-electron chi connectivity index (χ0n) is 56.1. The summed E-state index contributed by atoms with van der Waals surface area (Å²) in [5.74, 6) is 0. The minimum Gasteiger partial charge on any atom is -0.456 e. The van der Waals surface area contributed by atoms with Gasteiger partial charge in [0.15, 0.2) is 5.58 Å². The Kier molecular flexibility index (Phi) is 11.1. The molecule has 2 aromatic heterocycles. The van der Waals surface area contributed by atoms with Crippen molar-refractivity contribution in [1.29, 1.82) is 0 Å². The van der Waals surface area contributed by atoms with Crippen molar-refractivity contribution >= 4 is 112 Å². The van der Waals surface area contributed by atoms with Gasteiger partial charge in [-0.2, -0.15) is 0 Å². The summed E-state index contributed by atoms with van der Waals surface area (Å²) in [6.45, 7) is 46.3. The molecule has 1 fully saturated rings. The molecule has 1 saturated carbocycles. The van der Waals surface area contributed by atoms with Gasteiger partial charge in [0.2, 0.25) is 0 Å². The molecule has 10 aromatic rings. The van der Waals surface area contributed by atoms with Gasteiger partial charge < -0.3 is 23.5 Å². The number of hydrogen-bond acceptors (Lipinski definition) is 5. The number of anilines is 8. The first-order valence-corrected chi connectivity index (χ1v) is 33.3. The lowest BCUT2D eigenvalue weighted by atomic mass is 9.33. The third-order valence-electron chi connectivity index (χ3n) is 24.0. The third kappa shape index (κ3) is 7.13. The van der Waals surface area contributed by atoms with Gasteiger partial charge in [0.25, 0.3) is 6.71 Å². The average Bonchev–Trinajstić information content (AvgIpc) is 1.15. The maximum absolute atomic E-state index is 7.58. The standard InChI is InChI=1S/C82H90BN3O2/c1-47-39-56-57(79(16,17)38-37-78(56,14)15)46-63(47)85-66-44-51-43-65-71(66)83(60-31-29-53-54-40-48(74(2,3)4)26-33-67(54)88-73(53)72(60)85)59-30-28-52(86-61-32-25-49(75(5,6)7)42-58(61)80(18)35-20-21-36-81(80,86)19)45-64(59)84(65)62-23-22-24-69-70(62)55-41-50(27-34-68(55)87-69)82(51,76(8,9)10)77(11,12)13/h22-34,39-46H,20-21,35-38H2,1-19H3. The Morgan fingerprint density at radius 1 is 0.455 bits per heavy atom. The zero-order chi connectivity index (χ0) is 61.9. The highest BCUT2D eigenvalue weighted by molar-refractivity contribution is 7.00. The molecule has 88 heavy (non-hydrogen) atoms. The van der Waals surface area contributed by atoms with Crippen molar-refractivity contribution in [3.8, 4) is 0 Å². The highest BCUT2D eigenvalue weighted by Crippen LogP contribution is 2.64. The molecule has 8 aromatic carbocycles. The van der Waals surface area contributed by atoms with Gasteiger partial charge in [-0.3, -0.25) is 0 Å². The Labute approximate surface area is 524 Å². The molecule has 4 bridgehead atoms. The lowest BCUT2D eigenvalue weighted by Crippen LogP contribution is -2.62. The molecule has 2 atom stereocenters. The van der Waals surface area contributed by atoms with E-state index >= 15 is 0 Å². The number of aryl methyl sites for hydroxylation is 1. The summed E-state index contributed by atoms with van der Waals surface area (Å²) in [5.41, 5.74) is 27.1. The summed E-state index contributed by atoms with van der Waals surface area (Å²) in [4.78, 5) is 8.24. The van der Waals surface area contributed by atoms with Crippen LogP contribution in [-0.2, 0) is 32.5 Å². The van der Waals surface area contributed by atoms with Gasteiger partial charge in [-0.05, 0) is 206 Å². The Bertz CT molecular complexity index is 4690. The fourth-order valence-corrected chi connectivity index (χ4v) is 19.4. The van der Waals surface area contributed by atoms with Crippen LogP contribution in [-0.4, -0.2) is 12.3 Å². The van der Waals surface area contributed by atoms with Gasteiger partial charge in [-0.25, -0.2) is 0 Å². The molecule has 6 heterocycles. The van der Waals surface area contributed by atoms with Crippen LogP contribution in [0.2, 0.25) is 0 Å². The van der Waals surface area contributed by atoms with E-state index < -0.39 is 5.41 Å². The Morgan fingerprint density at radius 2 is 1.09 bits per heavy atom. The Balaban J connectivity index is 1.08. The van der Waals surface area contributed by atoms with E-state index in [-0.39, 0.29) is 50.2 Å². The van der Waals surface area contributed by atoms with Crippen molar-refractivity contribution in [2.24, 2.45) is 10.8 Å². The maximum Gasteiger partial charge on any atom is 0.252 e. The Hall–Kier alpha value is -7.18. The second-order valence-corrected chi connectivity index (χ2v) is 34.0. The van der Waals surface area contributed by atoms with Crippen molar-refractivity contribution in [1.82, 2.24) is 0 Å². The predicted octanol–water partition coefficient (Wildman–Crippen LogP) is 21.3. The number of rotatable bonds is 2. The first-order chi connectivity index (χ1) is 41.3. The van der Waals surface area contributed by atoms with Crippen molar-refractivity contribution < 1.29 is 8.83 Å². The predicted molar refractivity (Wildman–Crippen MR) is 375 cm³/mol. The first-order valence-electron chi connectivity index (χ1n) is 33.3. The van der Waals surface area contributed by atoms with Crippen LogP contribution in [0.5, 0.6) is 0 Å². The van der Waals surface area contributed by atoms with E-state index in [0.29, 0.717) is 0 Å². The van der Waals surface area contributed by atoms with Crippen molar-refractivity contribution in [2.45, 2.75) is 208 Å². The van der Waals surface area contributed by atoms with Gasteiger partial charge in [0, 0.05) is 61.1 Å². The molecule has 6 aliphatic rings. The molecule has 5 nitrogen and oxygen atoms in total. The van der Waals surface area contributed by atoms with Gasteiger partial charge in [-0.1, -0.05) is 185 Å². The summed E-state index contributed by atoms with van der Waals surface area (Å²) in [5, 5.41) is 4.64. The smallest absolute Gasteiger partial charge is 0.252 e. The van der Waals surface area contributed by atoms with Crippen LogP contribution in [0.4, 0.5) is 45.5 Å². The molecule has 448 valence electrons. The molecule has 2 aliphatic carbocycles. The average molecular weight is 1160 g/mol. The van der Waals surface area contributed by atoms with Crippen LogP contribution in [0, 0.1) is 17.8 Å². The van der Waals surface area contributed by atoms with Gasteiger partial charge >= 0.3 is 0 Å². The molecule has 0 spiro atoms. The summed E-state index contributed by atoms with van der Waals surface area (Å²) in [7, 11) is 0. The fraction of sp³-hybridized carbons (Fsp3) is 0.415. The summed E-state index contributed by atoms with van der Waals surface area (Å²) >= 11 is 0. The van der Waals surface area contributed by atoms with Gasteiger partial charge in [0.05, 0.1) is 22.3 Å². The minimum absolute atomic E-state index is 0.0287. The summed E-state index contributed by atoms with van der Waals surface area (Å²) < 4.78 is 14.7. The molecular formula is C82H90BN3O2. The first kappa shape index (κ1) is 56.1.